The Morgan fingerprint density at radius 2 is 1.76 bits per heavy atom. The number of rotatable bonds is 6. The predicted octanol–water partition coefficient (Wildman–Crippen LogP) is 0.967. The Kier molecular flexibility index (Phi) is 5.77. The molecule has 2 amide bonds. The summed E-state index contributed by atoms with van der Waals surface area (Å²) in [6, 6.07) is 10.2. The van der Waals surface area contributed by atoms with E-state index in [1.165, 1.54) is 12.1 Å². The molecule has 1 heterocycles. The molecule has 0 aliphatic heterocycles. The number of aromatic nitrogens is 2. The number of nitrogens with one attached hydrogen (secondary N) is 4. The van der Waals surface area contributed by atoms with Crippen molar-refractivity contribution < 1.29 is 14.3 Å². The van der Waals surface area contributed by atoms with Gasteiger partial charge in [0.25, 0.3) is 17.0 Å². The minimum atomic E-state index is -0.544. The zero-order valence-corrected chi connectivity index (χ0v) is 15.9. The van der Waals surface area contributed by atoms with Crippen molar-refractivity contribution in [3.63, 3.8) is 0 Å². The highest BCUT2D eigenvalue weighted by molar-refractivity contribution is 6.02. The number of carbonyl (C=O) groups excluding carboxylic acids is 2. The number of ether oxygens (including phenoxy) is 1. The molecule has 150 valence electrons. The molecule has 1 aromatic heterocycles. The quantitative estimate of drug-likeness (QED) is 0.493. The number of anilines is 1. The average Bonchev–Trinajstić information content (AvgIpc) is 2.70. The van der Waals surface area contributed by atoms with E-state index in [1.54, 1.807) is 6.07 Å². The number of H-pyrrole nitrogens is 2. The van der Waals surface area contributed by atoms with E-state index in [0.717, 1.165) is 11.1 Å². The van der Waals surface area contributed by atoms with Crippen molar-refractivity contribution in [2.75, 3.05) is 18.5 Å². The summed E-state index contributed by atoms with van der Waals surface area (Å²) in [5.74, 6) is -0.407. The standard InChI is InChI=1S/C20H20N4O5/c1-11-6-7-12(2)15(8-11)29-10-17(26)21-9-16(25)22-14-5-3-4-13-18(14)20(28)24-23-19(13)27/h3-8H,9-10H2,1-2H3,(H,21,26)(H,22,25)(H,23,27)(H,24,28). The van der Waals surface area contributed by atoms with E-state index in [9.17, 15) is 19.2 Å². The molecule has 0 atom stereocenters. The Morgan fingerprint density at radius 1 is 1.00 bits per heavy atom. The number of fused-ring (bicyclic) bond motifs is 1. The van der Waals surface area contributed by atoms with Gasteiger partial charge in [-0.3, -0.25) is 29.4 Å². The predicted molar refractivity (Wildman–Crippen MR) is 108 cm³/mol. The molecule has 0 fully saturated rings. The first-order valence-electron chi connectivity index (χ1n) is 8.85. The van der Waals surface area contributed by atoms with Gasteiger partial charge in [-0.05, 0) is 43.2 Å². The maximum absolute atomic E-state index is 12.2. The van der Waals surface area contributed by atoms with Gasteiger partial charge in [0.2, 0.25) is 5.91 Å². The third-order valence-electron chi connectivity index (χ3n) is 4.25. The van der Waals surface area contributed by atoms with Crippen LogP contribution in [0.4, 0.5) is 5.69 Å². The van der Waals surface area contributed by atoms with Gasteiger partial charge < -0.3 is 15.4 Å². The summed E-state index contributed by atoms with van der Waals surface area (Å²) in [6.45, 7) is 3.24. The number of aryl methyl sites for hydroxylation is 2. The maximum atomic E-state index is 12.2. The molecule has 3 rings (SSSR count). The normalized spacial score (nSPS) is 10.6. The number of benzene rings is 2. The molecule has 0 aliphatic carbocycles. The fourth-order valence-electron chi connectivity index (χ4n) is 2.76. The van der Waals surface area contributed by atoms with Gasteiger partial charge in [-0.1, -0.05) is 18.2 Å². The Hall–Kier alpha value is -3.88. The highest BCUT2D eigenvalue weighted by Gasteiger charge is 2.12. The highest BCUT2D eigenvalue weighted by Crippen LogP contribution is 2.19. The Bertz CT molecular complexity index is 1200. The van der Waals surface area contributed by atoms with Crippen molar-refractivity contribution in [2.24, 2.45) is 0 Å². The minimum Gasteiger partial charge on any atom is -0.483 e. The molecule has 9 heteroatoms. The summed E-state index contributed by atoms with van der Waals surface area (Å²) in [6.07, 6.45) is 0. The summed E-state index contributed by atoms with van der Waals surface area (Å²) >= 11 is 0. The summed E-state index contributed by atoms with van der Waals surface area (Å²) in [7, 11) is 0. The van der Waals surface area contributed by atoms with Crippen molar-refractivity contribution in [2.45, 2.75) is 13.8 Å². The SMILES string of the molecule is Cc1ccc(C)c(OCC(=O)NCC(=O)Nc2cccc3c(=O)[nH][nH]c(=O)c23)c1. The lowest BCUT2D eigenvalue weighted by molar-refractivity contribution is -0.125. The van der Waals surface area contributed by atoms with Crippen LogP contribution in [0.1, 0.15) is 11.1 Å². The first kappa shape index (κ1) is 19.9. The summed E-state index contributed by atoms with van der Waals surface area (Å²) in [4.78, 5) is 47.9. The van der Waals surface area contributed by atoms with Crippen LogP contribution in [0.5, 0.6) is 5.75 Å². The van der Waals surface area contributed by atoms with Crippen LogP contribution in [0.25, 0.3) is 10.8 Å². The lowest BCUT2D eigenvalue weighted by atomic mass is 10.1. The van der Waals surface area contributed by atoms with Crippen molar-refractivity contribution in [1.82, 2.24) is 15.5 Å². The third-order valence-corrected chi connectivity index (χ3v) is 4.25. The molecule has 0 saturated heterocycles. The molecule has 9 nitrogen and oxygen atoms in total. The topological polar surface area (TPSA) is 133 Å². The molecule has 0 aliphatic rings. The zero-order valence-electron chi connectivity index (χ0n) is 15.9. The first-order chi connectivity index (χ1) is 13.8. The number of aromatic amines is 2. The zero-order chi connectivity index (χ0) is 21.0. The molecule has 4 N–H and O–H groups in total. The van der Waals surface area contributed by atoms with Crippen LogP contribution in [0.3, 0.4) is 0 Å². The van der Waals surface area contributed by atoms with E-state index in [0.29, 0.717) is 5.75 Å². The fraction of sp³-hybridized carbons (Fsp3) is 0.200. The lowest BCUT2D eigenvalue weighted by Crippen LogP contribution is -2.36. The largest absolute Gasteiger partial charge is 0.483 e. The van der Waals surface area contributed by atoms with E-state index in [1.807, 2.05) is 32.0 Å². The van der Waals surface area contributed by atoms with Gasteiger partial charge in [-0.15, -0.1) is 0 Å². The van der Waals surface area contributed by atoms with E-state index in [-0.39, 0.29) is 29.6 Å². The minimum absolute atomic E-state index is 0.0641. The maximum Gasteiger partial charge on any atom is 0.272 e. The van der Waals surface area contributed by atoms with E-state index in [4.69, 9.17) is 4.74 Å². The highest BCUT2D eigenvalue weighted by atomic mass is 16.5. The Labute approximate surface area is 165 Å². The van der Waals surface area contributed by atoms with Crippen LogP contribution in [-0.2, 0) is 9.59 Å². The fourth-order valence-corrected chi connectivity index (χ4v) is 2.76. The number of amides is 2. The van der Waals surface area contributed by atoms with Gasteiger partial charge >= 0.3 is 0 Å². The van der Waals surface area contributed by atoms with Gasteiger partial charge in [0.15, 0.2) is 6.61 Å². The molecule has 2 aromatic carbocycles. The van der Waals surface area contributed by atoms with Gasteiger partial charge in [-0.2, -0.15) is 0 Å². The van der Waals surface area contributed by atoms with E-state index in [2.05, 4.69) is 20.8 Å². The van der Waals surface area contributed by atoms with Gasteiger partial charge in [0.1, 0.15) is 5.75 Å². The second-order valence-electron chi connectivity index (χ2n) is 6.52. The summed E-state index contributed by atoms with van der Waals surface area (Å²) in [5.41, 5.74) is 1.07. The van der Waals surface area contributed by atoms with Gasteiger partial charge in [0, 0.05) is 0 Å². The monoisotopic (exact) mass is 396 g/mol. The van der Waals surface area contributed by atoms with Crippen LogP contribution in [0.15, 0.2) is 46.0 Å². The number of hydrogen-bond donors (Lipinski definition) is 4. The number of hydrogen-bond acceptors (Lipinski definition) is 5. The van der Waals surface area contributed by atoms with Crippen LogP contribution in [0, 0.1) is 13.8 Å². The van der Waals surface area contributed by atoms with Crippen LogP contribution in [-0.4, -0.2) is 35.2 Å². The lowest BCUT2D eigenvalue weighted by Gasteiger charge is -2.11. The second-order valence-corrected chi connectivity index (χ2v) is 6.52. The smallest absolute Gasteiger partial charge is 0.272 e. The van der Waals surface area contributed by atoms with Crippen molar-refractivity contribution in [3.05, 3.63) is 68.2 Å². The molecule has 3 aromatic rings. The molecule has 0 radical (unpaired) electrons. The van der Waals surface area contributed by atoms with E-state index >= 15 is 0 Å². The molecule has 0 bridgehead atoms. The average molecular weight is 396 g/mol. The Morgan fingerprint density at radius 3 is 2.55 bits per heavy atom. The first-order valence-corrected chi connectivity index (χ1v) is 8.85. The van der Waals surface area contributed by atoms with Crippen LogP contribution < -0.4 is 26.5 Å². The molecule has 29 heavy (non-hydrogen) atoms. The second kappa shape index (κ2) is 8.42. The van der Waals surface area contributed by atoms with Gasteiger partial charge in [0.05, 0.1) is 23.0 Å². The van der Waals surface area contributed by atoms with Gasteiger partial charge in [-0.25, -0.2) is 0 Å². The molecule has 0 spiro atoms. The number of carbonyl (C=O) groups is 2. The molecule has 0 saturated carbocycles. The molecule has 0 unspecified atom stereocenters. The Balaban J connectivity index is 1.59. The van der Waals surface area contributed by atoms with Crippen LogP contribution in [0.2, 0.25) is 0 Å². The molecular formula is C20H20N4O5. The van der Waals surface area contributed by atoms with Crippen molar-refractivity contribution in [1.29, 1.82) is 0 Å². The summed E-state index contributed by atoms with van der Waals surface area (Å²) in [5, 5.41) is 9.64. The summed E-state index contributed by atoms with van der Waals surface area (Å²) < 4.78 is 5.49. The molecular weight excluding hydrogens is 376 g/mol. The van der Waals surface area contributed by atoms with Crippen molar-refractivity contribution in [3.8, 4) is 5.75 Å². The van der Waals surface area contributed by atoms with Crippen molar-refractivity contribution >= 4 is 28.3 Å². The third kappa shape index (κ3) is 4.70. The van der Waals surface area contributed by atoms with E-state index < -0.39 is 22.9 Å². The van der Waals surface area contributed by atoms with Crippen LogP contribution >= 0.6 is 0 Å².